The van der Waals surface area contributed by atoms with Crippen molar-refractivity contribution >= 4 is 17.0 Å². The first-order chi connectivity index (χ1) is 8.65. The summed E-state index contributed by atoms with van der Waals surface area (Å²) in [5, 5.41) is 3.48. The third kappa shape index (κ3) is 3.59. The summed E-state index contributed by atoms with van der Waals surface area (Å²) in [5.41, 5.74) is 9.22. The predicted molar refractivity (Wildman–Crippen MR) is 80.1 cm³/mol. The Labute approximate surface area is 113 Å². The number of nitrogens with two attached hydrogens (primary N) is 1. The number of aryl methyl sites for hydroxylation is 2. The molecule has 0 radical (unpaired) electrons. The van der Waals surface area contributed by atoms with Gasteiger partial charge in [0.2, 0.25) is 0 Å². The molecular weight excluding hydrogens is 240 g/mol. The fraction of sp³-hybridized carbons (Fsp3) is 0.333. The molecule has 2 nitrogen and oxygen atoms in total. The van der Waals surface area contributed by atoms with Gasteiger partial charge in [0.25, 0.3) is 0 Å². The van der Waals surface area contributed by atoms with Crippen molar-refractivity contribution in [2.45, 2.75) is 26.8 Å². The minimum atomic E-state index is 0.830. The van der Waals surface area contributed by atoms with E-state index < -0.39 is 0 Å². The summed E-state index contributed by atoms with van der Waals surface area (Å²) < 4.78 is 0. The highest BCUT2D eigenvalue weighted by atomic mass is 32.1. The van der Waals surface area contributed by atoms with E-state index in [0.717, 1.165) is 25.2 Å². The molecule has 0 aliphatic carbocycles. The van der Waals surface area contributed by atoms with Gasteiger partial charge in [0.05, 0.1) is 0 Å². The van der Waals surface area contributed by atoms with Crippen molar-refractivity contribution in [3.8, 4) is 0 Å². The Morgan fingerprint density at radius 2 is 1.89 bits per heavy atom. The number of nitrogen functional groups attached to an aromatic ring is 1. The highest BCUT2D eigenvalue weighted by Gasteiger charge is 2.00. The zero-order valence-corrected chi connectivity index (χ0v) is 11.8. The van der Waals surface area contributed by atoms with E-state index in [-0.39, 0.29) is 0 Å². The molecule has 0 aliphatic rings. The monoisotopic (exact) mass is 260 g/mol. The van der Waals surface area contributed by atoms with E-state index in [1.165, 1.54) is 20.9 Å². The van der Waals surface area contributed by atoms with Crippen LogP contribution >= 0.6 is 11.3 Å². The standard InChI is InChI=1S/C15H20N2S/c1-11-9-15(18-12(11)2)10-17-8-7-13-3-5-14(16)6-4-13/h3-6,9,17H,7-8,10,16H2,1-2H3. The summed E-state index contributed by atoms with van der Waals surface area (Å²) in [4.78, 5) is 2.84. The number of thiophene rings is 1. The fourth-order valence-corrected chi connectivity index (χ4v) is 2.89. The first kappa shape index (κ1) is 13.1. The second-order valence-corrected chi connectivity index (χ2v) is 5.96. The average molecular weight is 260 g/mol. The van der Waals surface area contributed by atoms with Gasteiger partial charge in [-0.15, -0.1) is 11.3 Å². The third-order valence-corrected chi connectivity index (χ3v) is 4.24. The Morgan fingerprint density at radius 3 is 2.50 bits per heavy atom. The van der Waals surface area contributed by atoms with Crippen LogP contribution in [0.1, 0.15) is 20.9 Å². The van der Waals surface area contributed by atoms with E-state index in [0.29, 0.717) is 0 Å². The summed E-state index contributed by atoms with van der Waals surface area (Å²) in [7, 11) is 0. The van der Waals surface area contributed by atoms with Crippen molar-refractivity contribution in [1.82, 2.24) is 5.32 Å². The maximum absolute atomic E-state index is 5.66. The second kappa shape index (κ2) is 6.03. The largest absolute Gasteiger partial charge is 0.399 e. The fourth-order valence-electron chi connectivity index (χ4n) is 1.87. The highest BCUT2D eigenvalue weighted by Crippen LogP contribution is 2.20. The molecule has 0 aliphatic heterocycles. The molecule has 2 aromatic rings. The summed E-state index contributed by atoms with van der Waals surface area (Å²) in [5.74, 6) is 0. The lowest BCUT2D eigenvalue weighted by Gasteiger charge is -2.04. The van der Waals surface area contributed by atoms with Crippen molar-refractivity contribution in [2.24, 2.45) is 0 Å². The van der Waals surface area contributed by atoms with Gasteiger partial charge in [-0.3, -0.25) is 0 Å². The molecule has 0 bridgehead atoms. The molecule has 1 aromatic heterocycles. The molecule has 1 heterocycles. The topological polar surface area (TPSA) is 38.0 Å². The van der Waals surface area contributed by atoms with Crippen LogP contribution in [-0.2, 0) is 13.0 Å². The van der Waals surface area contributed by atoms with E-state index in [1.54, 1.807) is 0 Å². The van der Waals surface area contributed by atoms with Crippen LogP contribution in [0, 0.1) is 13.8 Å². The van der Waals surface area contributed by atoms with Crippen molar-refractivity contribution in [3.05, 3.63) is 51.2 Å². The summed E-state index contributed by atoms with van der Waals surface area (Å²) in [6.07, 6.45) is 1.05. The Bertz CT molecular complexity index is 480. The maximum atomic E-state index is 5.66. The maximum Gasteiger partial charge on any atom is 0.0314 e. The van der Waals surface area contributed by atoms with Gasteiger partial charge in [-0.25, -0.2) is 0 Å². The van der Waals surface area contributed by atoms with Gasteiger partial charge in [-0.2, -0.15) is 0 Å². The molecule has 3 N–H and O–H groups in total. The normalized spacial score (nSPS) is 10.8. The number of hydrogen-bond donors (Lipinski definition) is 2. The van der Waals surface area contributed by atoms with Gasteiger partial charge in [0, 0.05) is 22.0 Å². The lowest BCUT2D eigenvalue weighted by molar-refractivity contribution is 0.693. The molecule has 0 saturated heterocycles. The van der Waals surface area contributed by atoms with E-state index in [1.807, 2.05) is 23.5 Å². The van der Waals surface area contributed by atoms with Crippen LogP contribution < -0.4 is 11.1 Å². The molecule has 0 amide bonds. The van der Waals surface area contributed by atoms with Gasteiger partial charge in [0.1, 0.15) is 0 Å². The minimum absolute atomic E-state index is 0.830. The van der Waals surface area contributed by atoms with Crippen molar-refractivity contribution in [1.29, 1.82) is 0 Å². The second-order valence-electron chi connectivity index (χ2n) is 4.62. The predicted octanol–water partition coefficient (Wildman–Crippen LogP) is 3.28. The highest BCUT2D eigenvalue weighted by molar-refractivity contribution is 7.12. The molecule has 2 rings (SSSR count). The summed E-state index contributed by atoms with van der Waals surface area (Å²) >= 11 is 1.88. The molecule has 18 heavy (non-hydrogen) atoms. The van der Waals surface area contributed by atoms with Gasteiger partial charge < -0.3 is 11.1 Å². The number of anilines is 1. The van der Waals surface area contributed by atoms with Crippen molar-refractivity contribution in [2.75, 3.05) is 12.3 Å². The molecule has 0 atom stereocenters. The van der Waals surface area contributed by atoms with E-state index >= 15 is 0 Å². The smallest absolute Gasteiger partial charge is 0.0314 e. The Morgan fingerprint density at radius 1 is 1.17 bits per heavy atom. The van der Waals surface area contributed by atoms with Crippen LogP contribution in [0.5, 0.6) is 0 Å². The molecule has 0 saturated carbocycles. The number of rotatable bonds is 5. The minimum Gasteiger partial charge on any atom is -0.399 e. The first-order valence-electron chi connectivity index (χ1n) is 6.26. The molecule has 96 valence electrons. The molecule has 0 fully saturated rings. The average Bonchev–Trinajstić information content (AvgIpc) is 2.67. The molecular formula is C15H20N2S. The van der Waals surface area contributed by atoms with Gasteiger partial charge in [-0.1, -0.05) is 12.1 Å². The number of nitrogens with one attached hydrogen (secondary N) is 1. The SMILES string of the molecule is Cc1cc(CNCCc2ccc(N)cc2)sc1C. The van der Waals surface area contributed by atoms with E-state index in [4.69, 9.17) is 5.73 Å². The van der Waals surface area contributed by atoms with Gasteiger partial charge in [0.15, 0.2) is 0 Å². The molecule has 3 heteroatoms. The van der Waals surface area contributed by atoms with Crippen molar-refractivity contribution in [3.63, 3.8) is 0 Å². The van der Waals surface area contributed by atoms with Crippen molar-refractivity contribution < 1.29 is 0 Å². The zero-order valence-electron chi connectivity index (χ0n) is 11.0. The molecule has 0 unspecified atom stereocenters. The lowest BCUT2D eigenvalue weighted by Crippen LogP contribution is -2.15. The lowest BCUT2D eigenvalue weighted by atomic mass is 10.1. The number of benzene rings is 1. The van der Waals surface area contributed by atoms with Crippen LogP contribution in [-0.4, -0.2) is 6.54 Å². The Kier molecular flexibility index (Phi) is 4.39. The molecule has 1 aromatic carbocycles. The first-order valence-corrected chi connectivity index (χ1v) is 7.08. The van der Waals surface area contributed by atoms with E-state index in [2.05, 4.69) is 37.4 Å². The van der Waals surface area contributed by atoms with E-state index in [9.17, 15) is 0 Å². The summed E-state index contributed by atoms with van der Waals surface area (Å²) in [6, 6.07) is 10.4. The Balaban J connectivity index is 1.74. The van der Waals surface area contributed by atoms with Crippen LogP contribution in [0.15, 0.2) is 30.3 Å². The molecule has 0 spiro atoms. The van der Waals surface area contributed by atoms with Crippen LogP contribution in [0.4, 0.5) is 5.69 Å². The quantitative estimate of drug-likeness (QED) is 0.639. The van der Waals surface area contributed by atoms with Crippen LogP contribution in [0.3, 0.4) is 0 Å². The summed E-state index contributed by atoms with van der Waals surface area (Å²) in [6.45, 7) is 6.32. The van der Waals surface area contributed by atoms with Crippen LogP contribution in [0.25, 0.3) is 0 Å². The zero-order chi connectivity index (χ0) is 13.0. The van der Waals surface area contributed by atoms with Gasteiger partial charge in [-0.05, 0) is 56.1 Å². The van der Waals surface area contributed by atoms with Crippen LogP contribution in [0.2, 0.25) is 0 Å². The number of hydrogen-bond acceptors (Lipinski definition) is 3. The Hall–Kier alpha value is -1.32. The third-order valence-electron chi connectivity index (χ3n) is 3.09. The van der Waals surface area contributed by atoms with Gasteiger partial charge >= 0.3 is 0 Å².